The first-order chi connectivity index (χ1) is 10.5. The van der Waals surface area contributed by atoms with E-state index in [-0.39, 0.29) is 6.04 Å². The molecule has 4 nitrogen and oxygen atoms in total. The topological polar surface area (TPSA) is 49.4 Å². The lowest BCUT2D eigenvalue weighted by Gasteiger charge is -2.31. The Labute approximate surface area is 129 Å². The Morgan fingerprint density at radius 2 is 1.68 bits per heavy atom. The van der Waals surface area contributed by atoms with Gasteiger partial charge in [0, 0.05) is 19.1 Å². The largest absolute Gasteiger partial charge is 0.314 e. The average molecular weight is 330 g/mol. The number of benzene rings is 1. The molecule has 1 saturated carbocycles. The number of halogens is 2. The van der Waals surface area contributed by atoms with Gasteiger partial charge in [-0.1, -0.05) is 6.07 Å². The average Bonchev–Trinajstić information content (AvgIpc) is 3.29. The summed E-state index contributed by atoms with van der Waals surface area (Å²) in [7, 11) is -4.11. The third-order valence-corrected chi connectivity index (χ3v) is 6.31. The SMILES string of the molecule is O=S(=O)(c1c(F)cccc1F)N1CCC(NCC2CC2)CC1. The van der Waals surface area contributed by atoms with Gasteiger partial charge in [0.1, 0.15) is 11.6 Å². The summed E-state index contributed by atoms with van der Waals surface area (Å²) < 4.78 is 53.5. The minimum Gasteiger partial charge on any atom is -0.314 e. The molecule has 1 aromatic rings. The van der Waals surface area contributed by atoms with Gasteiger partial charge in [-0.05, 0) is 50.3 Å². The van der Waals surface area contributed by atoms with Crippen LogP contribution in [0.4, 0.5) is 8.78 Å². The highest BCUT2D eigenvalue weighted by molar-refractivity contribution is 7.89. The van der Waals surface area contributed by atoms with Crippen LogP contribution >= 0.6 is 0 Å². The fourth-order valence-electron chi connectivity index (χ4n) is 2.81. The minimum absolute atomic E-state index is 0.289. The van der Waals surface area contributed by atoms with Crippen molar-refractivity contribution in [2.45, 2.75) is 36.6 Å². The Hall–Kier alpha value is -1.05. The van der Waals surface area contributed by atoms with Crippen molar-refractivity contribution in [2.24, 2.45) is 5.92 Å². The molecule has 0 radical (unpaired) electrons. The van der Waals surface area contributed by atoms with Crippen molar-refractivity contribution < 1.29 is 17.2 Å². The van der Waals surface area contributed by atoms with Gasteiger partial charge >= 0.3 is 0 Å². The zero-order chi connectivity index (χ0) is 15.7. The van der Waals surface area contributed by atoms with Crippen LogP contribution in [0.5, 0.6) is 0 Å². The van der Waals surface area contributed by atoms with Crippen molar-refractivity contribution in [3.05, 3.63) is 29.8 Å². The third-order valence-electron chi connectivity index (χ3n) is 4.36. The summed E-state index contributed by atoms with van der Waals surface area (Å²) in [5.74, 6) is -1.29. The smallest absolute Gasteiger partial charge is 0.248 e. The minimum atomic E-state index is -4.11. The van der Waals surface area contributed by atoms with Crippen LogP contribution in [0.3, 0.4) is 0 Å². The van der Waals surface area contributed by atoms with Crippen molar-refractivity contribution in [1.29, 1.82) is 0 Å². The maximum Gasteiger partial charge on any atom is 0.248 e. The Morgan fingerprint density at radius 1 is 1.09 bits per heavy atom. The van der Waals surface area contributed by atoms with E-state index in [0.29, 0.717) is 25.9 Å². The molecule has 3 rings (SSSR count). The molecule has 122 valence electrons. The predicted molar refractivity (Wildman–Crippen MR) is 78.9 cm³/mol. The van der Waals surface area contributed by atoms with Crippen LogP contribution in [0.2, 0.25) is 0 Å². The van der Waals surface area contributed by atoms with E-state index in [2.05, 4.69) is 5.32 Å². The highest BCUT2D eigenvalue weighted by Gasteiger charge is 2.33. The number of nitrogens with one attached hydrogen (secondary N) is 1. The Bertz CT molecular complexity index is 619. The summed E-state index contributed by atoms with van der Waals surface area (Å²) in [6.07, 6.45) is 3.88. The van der Waals surface area contributed by atoms with Crippen molar-refractivity contribution in [3.63, 3.8) is 0 Å². The van der Waals surface area contributed by atoms with Crippen LogP contribution in [-0.4, -0.2) is 38.4 Å². The first kappa shape index (κ1) is 15.8. The fraction of sp³-hybridized carbons (Fsp3) is 0.600. The fourth-order valence-corrected chi connectivity index (χ4v) is 4.39. The molecular weight excluding hydrogens is 310 g/mol. The summed E-state index contributed by atoms with van der Waals surface area (Å²) in [4.78, 5) is -0.834. The highest BCUT2D eigenvalue weighted by atomic mass is 32.2. The van der Waals surface area contributed by atoms with E-state index in [9.17, 15) is 17.2 Å². The second-order valence-electron chi connectivity index (χ2n) is 6.08. The van der Waals surface area contributed by atoms with E-state index in [1.807, 2.05) is 0 Å². The zero-order valence-electron chi connectivity index (χ0n) is 12.3. The van der Waals surface area contributed by atoms with Crippen molar-refractivity contribution in [1.82, 2.24) is 9.62 Å². The van der Waals surface area contributed by atoms with Gasteiger partial charge in [0.05, 0.1) is 0 Å². The Kier molecular flexibility index (Phi) is 4.47. The summed E-state index contributed by atoms with van der Waals surface area (Å²) in [6, 6.07) is 3.40. The maximum atomic E-state index is 13.7. The molecule has 2 aliphatic rings. The predicted octanol–water partition coefficient (Wildman–Crippen LogP) is 2.12. The second kappa shape index (κ2) is 6.22. The molecule has 22 heavy (non-hydrogen) atoms. The number of piperidine rings is 1. The van der Waals surface area contributed by atoms with Crippen LogP contribution in [0.15, 0.2) is 23.1 Å². The second-order valence-corrected chi connectivity index (χ2v) is 7.96. The third kappa shape index (κ3) is 3.31. The Morgan fingerprint density at radius 3 is 2.23 bits per heavy atom. The quantitative estimate of drug-likeness (QED) is 0.900. The molecule has 1 aliphatic heterocycles. The van der Waals surface area contributed by atoms with Crippen LogP contribution < -0.4 is 5.32 Å². The molecular formula is C15H20F2N2O2S. The van der Waals surface area contributed by atoms with E-state index in [4.69, 9.17) is 0 Å². The van der Waals surface area contributed by atoms with Gasteiger partial charge in [-0.2, -0.15) is 4.31 Å². The van der Waals surface area contributed by atoms with Gasteiger partial charge in [-0.3, -0.25) is 0 Å². The van der Waals surface area contributed by atoms with Gasteiger partial charge in [0.15, 0.2) is 4.90 Å². The first-order valence-corrected chi connectivity index (χ1v) is 9.10. The van der Waals surface area contributed by atoms with Gasteiger partial charge in [-0.25, -0.2) is 17.2 Å². The molecule has 0 spiro atoms. The zero-order valence-corrected chi connectivity index (χ0v) is 13.1. The van der Waals surface area contributed by atoms with Crippen molar-refractivity contribution in [3.8, 4) is 0 Å². The highest BCUT2D eigenvalue weighted by Crippen LogP contribution is 2.29. The van der Waals surface area contributed by atoms with E-state index in [1.54, 1.807) is 0 Å². The molecule has 7 heteroatoms. The normalized spacial score (nSPS) is 21.2. The maximum absolute atomic E-state index is 13.7. The lowest BCUT2D eigenvalue weighted by Crippen LogP contribution is -2.45. The summed E-state index contributed by atoms with van der Waals surface area (Å²) in [5, 5.41) is 3.45. The number of sulfonamides is 1. The molecule has 0 bridgehead atoms. The monoisotopic (exact) mass is 330 g/mol. The van der Waals surface area contributed by atoms with E-state index in [1.165, 1.54) is 17.1 Å². The number of rotatable bonds is 5. The molecule has 1 saturated heterocycles. The van der Waals surface area contributed by atoms with Gasteiger partial charge in [0.2, 0.25) is 10.0 Å². The van der Waals surface area contributed by atoms with Crippen molar-refractivity contribution in [2.75, 3.05) is 19.6 Å². The first-order valence-electron chi connectivity index (χ1n) is 7.66. The lowest BCUT2D eigenvalue weighted by atomic mass is 10.1. The molecule has 0 unspecified atom stereocenters. The van der Waals surface area contributed by atoms with E-state index < -0.39 is 26.6 Å². The molecule has 1 aliphatic carbocycles. The molecule has 0 aromatic heterocycles. The lowest BCUT2D eigenvalue weighted by molar-refractivity contribution is 0.286. The molecule has 1 aromatic carbocycles. The van der Waals surface area contributed by atoms with Crippen LogP contribution in [0.25, 0.3) is 0 Å². The number of nitrogens with zero attached hydrogens (tertiary/aromatic N) is 1. The van der Waals surface area contributed by atoms with Crippen LogP contribution in [-0.2, 0) is 10.0 Å². The van der Waals surface area contributed by atoms with Crippen molar-refractivity contribution >= 4 is 10.0 Å². The Balaban J connectivity index is 1.66. The number of hydrogen-bond acceptors (Lipinski definition) is 3. The molecule has 0 amide bonds. The van der Waals surface area contributed by atoms with Gasteiger partial charge < -0.3 is 5.32 Å². The number of hydrogen-bond donors (Lipinski definition) is 1. The summed E-state index contributed by atoms with van der Waals surface area (Å²) in [5.41, 5.74) is 0. The van der Waals surface area contributed by atoms with Gasteiger partial charge in [0.25, 0.3) is 0 Å². The molecule has 1 heterocycles. The van der Waals surface area contributed by atoms with Gasteiger partial charge in [-0.15, -0.1) is 0 Å². The van der Waals surface area contributed by atoms with Crippen LogP contribution in [0.1, 0.15) is 25.7 Å². The van der Waals surface area contributed by atoms with E-state index in [0.717, 1.165) is 30.7 Å². The summed E-state index contributed by atoms with van der Waals surface area (Å²) in [6.45, 7) is 1.57. The van der Waals surface area contributed by atoms with E-state index >= 15 is 0 Å². The summed E-state index contributed by atoms with van der Waals surface area (Å²) >= 11 is 0. The standard InChI is InChI=1S/C15H20F2N2O2S/c16-13-2-1-3-14(17)15(13)22(20,21)19-8-6-12(7-9-19)18-10-11-4-5-11/h1-3,11-12,18H,4-10H2. The molecule has 1 N–H and O–H groups in total. The molecule has 0 atom stereocenters. The molecule has 2 fully saturated rings. The van der Waals surface area contributed by atoms with Crippen LogP contribution in [0, 0.1) is 17.6 Å².